The van der Waals surface area contributed by atoms with Crippen molar-refractivity contribution in [1.82, 2.24) is 45.4 Å². The topological polar surface area (TPSA) is 109 Å². The van der Waals surface area contributed by atoms with Crippen molar-refractivity contribution in [2.75, 3.05) is 0 Å². The molecule has 0 N–H and O–H groups in total. The van der Waals surface area contributed by atoms with Gasteiger partial charge in [-0.25, -0.2) is 9.67 Å². The molecule has 0 atom stereocenters. The zero-order valence-corrected chi connectivity index (χ0v) is 21.5. The summed E-state index contributed by atoms with van der Waals surface area (Å²) in [7, 11) is 0. The van der Waals surface area contributed by atoms with Gasteiger partial charge >= 0.3 is 29.6 Å². The number of hydrogen-bond acceptors (Lipinski definition) is 8. The van der Waals surface area contributed by atoms with E-state index in [0.717, 1.165) is 33.4 Å². The van der Waals surface area contributed by atoms with Crippen LogP contribution in [0.5, 0.6) is 5.75 Å². The molecule has 0 spiro atoms. The van der Waals surface area contributed by atoms with Crippen molar-refractivity contribution in [3.05, 3.63) is 103 Å². The van der Waals surface area contributed by atoms with Crippen LogP contribution in [0.4, 0.5) is 0 Å². The minimum atomic E-state index is 0. The number of aromatic nitrogens is 9. The number of nitrogens with zero attached hydrogens (tertiary/aromatic N) is 9. The normalized spacial score (nSPS) is 10.8. The largest absolute Gasteiger partial charge is 1.00 e. The third kappa shape index (κ3) is 5.15. The molecule has 170 valence electrons. The molecule has 0 aliphatic carbocycles. The molecule has 11 heteroatoms. The van der Waals surface area contributed by atoms with Gasteiger partial charge in [0.25, 0.3) is 0 Å². The van der Waals surface area contributed by atoms with E-state index in [2.05, 4.69) is 42.0 Å². The predicted octanol–water partition coefficient (Wildman–Crippen LogP) is 0.495. The smallest absolute Gasteiger partial charge is 0.487 e. The van der Waals surface area contributed by atoms with Crippen LogP contribution in [0.15, 0.2) is 91.3 Å². The van der Waals surface area contributed by atoms with E-state index in [1.54, 1.807) is 15.8 Å². The number of rotatable bonds is 7. The number of benzene rings is 3. The molecule has 10 nitrogen and oxygen atoms in total. The van der Waals surface area contributed by atoms with E-state index in [0.29, 0.717) is 24.7 Å². The summed E-state index contributed by atoms with van der Waals surface area (Å²) in [6.45, 7) is 0.787. The summed E-state index contributed by atoms with van der Waals surface area (Å²) in [5.41, 5.74) is 4.44. The van der Waals surface area contributed by atoms with Gasteiger partial charge in [-0.15, -0.1) is 15.3 Å². The van der Waals surface area contributed by atoms with Crippen molar-refractivity contribution < 1.29 is 34.3 Å². The van der Waals surface area contributed by atoms with Gasteiger partial charge in [0.05, 0.1) is 23.4 Å². The van der Waals surface area contributed by atoms with Gasteiger partial charge in [0.15, 0.2) is 0 Å². The number of ether oxygens (including phenoxy) is 1. The Balaban J connectivity index is 0.00000267. The molecule has 3 heterocycles. The Kier molecular flexibility index (Phi) is 7.08. The molecule has 36 heavy (non-hydrogen) atoms. The number of hydrogen-bond donors (Lipinski definition) is 0. The Labute approximate surface area is 228 Å². The van der Waals surface area contributed by atoms with Crippen molar-refractivity contribution >= 4 is 10.9 Å². The van der Waals surface area contributed by atoms with Gasteiger partial charge in [-0.2, -0.15) is 4.80 Å². The van der Waals surface area contributed by atoms with Crippen molar-refractivity contribution in [1.29, 1.82) is 0 Å². The van der Waals surface area contributed by atoms with Crippen LogP contribution < -0.4 is 34.3 Å². The van der Waals surface area contributed by atoms with Gasteiger partial charge in [-0.05, 0) is 46.0 Å². The number of para-hydroxylation sites is 2. The Morgan fingerprint density at radius 3 is 2.64 bits per heavy atom. The molecule has 3 aromatic carbocycles. The molecule has 0 saturated carbocycles. The van der Waals surface area contributed by atoms with Crippen molar-refractivity contribution in [3.8, 4) is 22.8 Å². The summed E-state index contributed by atoms with van der Waals surface area (Å²) in [4.78, 5) is 6.21. The summed E-state index contributed by atoms with van der Waals surface area (Å²) >= 11 is 0. The summed E-state index contributed by atoms with van der Waals surface area (Å²) in [6, 6.07) is 27.5. The average molecular weight is 484 g/mol. The molecule has 6 aromatic rings. The molecule has 3 aromatic heterocycles. The van der Waals surface area contributed by atoms with Gasteiger partial charge in [0, 0.05) is 16.5 Å². The van der Waals surface area contributed by atoms with E-state index >= 15 is 0 Å². The molecule has 0 radical (unpaired) electrons. The molecule has 0 amide bonds. The predicted molar refractivity (Wildman–Crippen MR) is 128 cm³/mol. The third-order valence-electron chi connectivity index (χ3n) is 5.49. The van der Waals surface area contributed by atoms with Crippen LogP contribution in [0.3, 0.4) is 0 Å². The summed E-state index contributed by atoms with van der Waals surface area (Å²) in [5.74, 6) is 1.22. The quantitative estimate of drug-likeness (QED) is 0.301. The summed E-state index contributed by atoms with van der Waals surface area (Å²) in [6.07, 6.45) is 1.55. The number of pyridine rings is 1. The second-order valence-electron chi connectivity index (χ2n) is 7.84. The maximum Gasteiger partial charge on any atom is 1.00 e. The standard InChI is InChI=1S/C25H19N9O.Na/c1-3-10-23-18(6-1)12-13-21(27-23)16-35-22-9-5-8-19(14-22)25-28-31-34(29-25)15-20-7-2-4-11-24(20)33-17-26-30-32-33;/h1-14,17H,15-16H2;/q;+1. The van der Waals surface area contributed by atoms with Gasteiger partial charge < -0.3 is 4.74 Å². The molecule has 0 saturated heterocycles. The second kappa shape index (κ2) is 10.7. The molecule has 0 aliphatic heterocycles. The first-order valence-corrected chi connectivity index (χ1v) is 11.0. The molecule has 0 aliphatic rings. The van der Waals surface area contributed by atoms with Gasteiger partial charge in [-0.1, -0.05) is 54.6 Å². The fourth-order valence-electron chi connectivity index (χ4n) is 3.79. The van der Waals surface area contributed by atoms with Gasteiger partial charge in [0.2, 0.25) is 5.82 Å². The Morgan fingerprint density at radius 2 is 1.72 bits per heavy atom. The minimum Gasteiger partial charge on any atom is -0.487 e. The zero-order chi connectivity index (χ0) is 23.5. The van der Waals surface area contributed by atoms with Crippen LogP contribution in [-0.4, -0.2) is 45.4 Å². The van der Waals surface area contributed by atoms with Crippen molar-refractivity contribution in [2.45, 2.75) is 13.2 Å². The van der Waals surface area contributed by atoms with Crippen LogP contribution in [0.2, 0.25) is 0 Å². The monoisotopic (exact) mass is 484 g/mol. The fraction of sp³-hybridized carbons (Fsp3) is 0.0800. The van der Waals surface area contributed by atoms with E-state index in [1.165, 1.54) is 0 Å². The number of tetrazole rings is 2. The van der Waals surface area contributed by atoms with E-state index in [-0.39, 0.29) is 29.6 Å². The first-order valence-electron chi connectivity index (χ1n) is 11.0. The maximum atomic E-state index is 6.00. The van der Waals surface area contributed by atoms with E-state index in [1.807, 2.05) is 78.9 Å². The average Bonchev–Trinajstić information content (AvgIpc) is 3.61. The Morgan fingerprint density at radius 1 is 0.833 bits per heavy atom. The van der Waals surface area contributed by atoms with Gasteiger partial charge in [-0.3, -0.25) is 0 Å². The van der Waals surface area contributed by atoms with E-state index in [4.69, 9.17) is 4.74 Å². The van der Waals surface area contributed by atoms with Crippen LogP contribution in [-0.2, 0) is 13.2 Å². The molecule has 0 bridgehead atoms. The van der Waals surface area contributed by atoms with E-state index in [9.17, 15) is 0 Å². The first kappa shape index (κ1) is 23.7. The SMILES string of the molecule is [Na+].c1cc(OCc2ccc3ccccc3n2)cc(-c2nnn(Cc3ccccc3-n3cnnn3)n2)c1. The summed E-state index contributed by atoms with van der Waals surface area (Å²) in [5, 5.41) is 25.5. The first-order chi connectivity index (χ1) is 17.3. The molecule has 0 unspecified atom stereocenters. The van der Waals surface area contributed by atoms with Crippen molar-refractivity contribution in [2.24, 2.45) is 0 Å². The van der Waals surface area contributed by atoms with Crippen LogP contribution >= 0.6 is 0 Å². The third-order valence-corrected chi connectivity index (χ3v) is 5.49. The zero-order valence-electron chi connectivity index (χ0n) is 19.5. The minimum absolute atomic E-state index is 0. The number of fused-ring (bicyclic) bond motifs is 1. The van der Waals surface area contributed by atoms with Crippen molar-refractivity contribution in [3.63, 3.8) is 0 Å². The van der Waals surface area contributed by atoms with Crippen LogP contribution in [0.1, 0.15) is 11.3 Å². The summed E-state index contributed by atoms with van der Waals surface area (Å²) < 4.78 is 7.61. The molecule has 6 rings (SSSR count). The van der Waals surface area contributed by atoms with Crippen LogP contribution in [0, 0.1) is 0 Å². The molecule has 0 fully saturated rings. The van der Waals surface area contributed by atoms with Crippen LogP contribution in [0.25, 0.3) is 28.0 Å². The molecular weight excluding hydrogens is 465 g/mol. The fourth-order valence-corrected chi connectivity index (χ4v) is 3.79. The maximum absolute atomic E-state index is 6.00. The molecular formula is C25H19N9NaO+. The Hall–Kier alpha value is -3.99. The van der Waals surface area contributed by atoms with Gasteiger partial charge in [0.1, 0.15) is 18.7 Å². The van der Waals surface area contributed by atoms with E-state index < -0.39 is 0 Å². The second-order valence-corrected chi connectivity index (χ2v) is 7.84. The Bertz CT molecular complexity index is 1600.